The Kier molecular flexibility index (Phi) is 27.5. The molecule has 0 aromatic rings. The summed E-state index contributed by atoms with van der Waals surface area (Å²) < 4.78 is 8.28. The molecule has 0 spiro atoms. The van der Waals surface area contributed by atoms with Crippen molar-refractivity contribution in [1.82, 2.24) is 0 Å². The van der Waals surface area contributed by atoms with Crippen LogP contribution >= 0.6 is 0 Å². The Morgan fingerprint density at radius 2 is 0.800 bits per heavy atom. The summed E-state index contributed by atoms with van der Waals surface area (Å²) in [5.41, 5.74) is 0. The first-order valence-electron chi connectivity index (χ1n) is 9.00. The van der Waals surface area contributed by atoms with Gasteiger partial charge in [0.05, 0.1) is 0 Å². The standard InChI is InChI=1S/C18H37.Al.O.H/c1-3-5-7-9-11-13-15-17-18-16-14-12-10-8-6-4-2;;;/h1,3-18H2,2H3;;;. The van der Waals surface area contributed by atoms with Crippen LogP contribution in [0.3, 0.4) is 0 Å². The number of unbranched alkanes of at least 4 members (excludes halogenated alkanes) is 15. The second-order valence-electron chi connectivity index (χ2n) is 5.80. The molecule has 0 rings (SSSR count). The molecule has 0 fully saturated rings. The van der Waals surface area contributed by atoms with Crippen LogP contribution in [0.15, 0.2) is 0 Å². The van der Waals surface area contributed by atoms with Crippen LogP contribution in [0.4, 0.5) is 0 Å². The van der Waals surface area contributed by atoms with E-state index in [0.717, 1.165) is 6.42 Å². The van der Waals surface area contributed by atoms with Crippen molar-refractivity contribution >= 4 is 16.2 Å². The van der Waals surface area contributed by atoms with Crippen LogP contribution in [-0.4, -0.2) is 16.2 Å². The SMILES string of the molecule is [CH2]CCCCCCCCCCCCCCCCC.[O]=[AlH]. The molecule has 0 aromatic carbocycles. The van der Waals surface area contributed by atoms with E-state index in [-0.39, 0.29) is 0 Å². The summed E-state index contributed by atoms with van der Waals surface area (Å²) in [7, 11) is 0. The van der Waals surface area contributed by atoms with Gasteiger partial charge in [-0.2, -0.15) is 0 Å². The zero-order valence-electron chi connectivity index (χ0n) is 14.1. The normalized spacial score (nSPS) is 10.1. The van der Waals surface area contributed by atoms with Gasteiger partial charge in [-0.15, -0.1) is 0 Å². The summed E-state index contributed by atoms with van der Waals surface area (Å²) in [6.07, 6.45) is 22.8. The summed E-state index contributed by atoms with van der Waals surface area (Å²) >= 11 is 0.611. The van der Waals surface area contributed by atoms with E-state index in [1.807, 2.05) is 0 Å². The zero-order valence-corrected chi connectivity index (χ0v) is 15.6. The quantitative estimate of drug-likeness (QED) is 0.255. The molecule has 0 heterocycles. The monoisotopic (exact) mass is 297 g/mol. The molecule has 0 aliphatic carbocycles. The van der Waals surface area contributed by atoms with Crippen molar-refractivity contribution in [3.05, 3.63) is 6.92 Å². The number of rotatable bonds is 15. The van der Waals surface area contributed by atoms with Gasteiger partial charge in [-0.1, -0.05) is 117 Å². The molecule has 0 bridgehead atoms. The van der Waals surface area contributed by atoms with Crippen LogP contribution in [0.1, 0.15) is 110 Å². The van der Waals surface area contributed by atoms with Crippen LogP contribution in [-0.2, 0) is 3.80 Å². The van der Waals surface area contributed by atoms with Crippen molar-refractivity contribution in [3.8, 4) is 0 Å². The summed E-state index contributed by atoms with van der Waals surface area (Å²) in [4.78, 5) is 0. The summed E-state index contributed by atoms with van der Waals surface area (Å²) in [6, 6.07) is 0. The van der Waals surface area contributed by atoms with E-state index in [4.69, 9.17) is 3.80 Å². The van der Waals surface area contributed by atoms with Crippen molar-refractivity contribution in [2.45, 2.75) is 110 Å². The van der Waals surface area contributed by atoms with Gasteiger partial charge in [-0.3, -0.25) is 0 Å². The Balaban J connectivity index is 0. The van der Waals surface area contributed by atoms with E-state index in [0.29, 0.717) is 16.2 Å². The van der Waals surface area contributed by atoms with Crippen LogP contribution in [0, 0.1) is 6.92 Å². The van der Waals surface area contributed by atoms with Gasteiger partial charge in [-0.05, 0) is 0 Å². The molecule has 0 N–H and O–H groups in total. The maximum atomic E-state index is 8.28. The number of hydrogen-bond donors (Lipinski definition) is 0. The minimum atomic E-state index is 0.611. The summed E-state index contributed by atoms with van der Waals surface area (Å²) in [5.74, 6) is 0. The molecule has 0 aliphatic rings. The van der Waals surface area contributed by atoms with E-state index >= 15 is 0 Å². The predicted octanol–water partition coefficient (Wildman–Crippen LogP) is 6.31. The Bertz CT molecular complexity index is 134. The van der Waals surface area contributed by atoms with E-state index < -0.39 is 0 Å². The summed E-state index contributed by atoms with van der Waals surface area (Å²) in [5, 5.41) is 0. The average Bonchev–Trinajstić information content (AvgIpc) is 2.50. The molecule has 0 aromatic heterocycles. The van der Waals surface area contributed by atoms with Gasteiger partial charge < -0.3 is 0 Å². The van der Waals surface area contributed by atoms with E-state index in [1.165, 1.54) is 96.3 Å². The molecule has 0 aliphatic heterocycles. The van der Waals surface area contributed by atoms with Crippen molar-refractivity contribution in [3.63, 3.8) is 0 Å². The molecule has 0 atom stereocenters. The van der Waals surface area contributed by atoms with Gasteiger partial charge in [-0.25, -0.2) is 0 Å². The van der Waals surface area contributed by atoms with Crippen LogP contribution in [0.2, 0.25) is 0 Å². The maximum absolute atomic E-state index is 8.28. The molecule has 1 nitrogen and oxygen atoms in total. The summed E-state index contributed by atoms with van der Waals surface area (Å²) in [6.45, 7) is 6.18. The molecule has 2 heteroatoms. The van der Waals surface area contributed by atoms with E-state index in [1.54, 1.807) is 0 Å². The van der Waals surface area contributed by atoms with Crippen molar-refractivity contribution in [1.29, 1.82) is 0 Å². The zero-order chi connectivity index (χ0) is 15.3. The Morgan fingerprint density at radius 1 is 0.550 bits per heavy atom. The topological polar surface area (TPSA) is 17.1 Å². The predicted molar refractivity (Wildman–Crippen MR) is 92.7 cm³/mol. The van der Waals surface area contributed by atoms with Gasteiger partial charge >= 0.3 is 20.0 Å². The van der Waals surface area contributed by atoms with Gasteiger partial charge in [0.1, 0.15) is 0 Å². The van der Waals surface area contributed by atoms with Gasteiger partial charge in [0.25, 0.3) is 0 Å². The first-order valence-corrected chi connectivity index (χ1v) is 9.57. The molecular weight excluding hydrogens is 259 g/mol. The first-order chi connectivity index (χ1) is 9.91. The number of hydrogen-bond acceptors (Lipinski definition) is 1. The van der Waals surface area contributed by atoms with Gasteiger partial charge in [0, 0.05) is 0 Å². The van der Waals surface area contributed by atoms with Crippen molar-refractivity contribution < 1.29 is 3.80 Å². The molecular formula is C18H38AlO. The Labute approximate surface area is 136 Å². The van der Waals surface area contributed by atoms with Crippen LogP contribution in [0.5, 0.6) is 0 Å². The second-order valence-corrected chi connectivity index (χ2v) is 5.80. The molecule has 0 saturated carbocycles. The molecule has 119 valence electrons. The average molecular weight is 297 g/mol. The third kappa shape index (κ3) is 23.4. The third-order valence-corrected chi connectivity index (χ3v) is 3.85. The fourth-order valence-electron chi connectivity index (χ4n) is 2.55. The van der Waals surface area contributed by atoms with Crippen LogP contribution in [0.25, 0.3) is 0 Å². The minimum absolute atomic E-state index is 0.611. The van der Waals surface area contributed by atoms with Crippen molar-refractivity contribution in [2.24, 2.45) is 0 Å². The molecule has 0 saturated heterocycles. The third-order valence-electron chi connectivity index (χ3n) is 3.85. The molecule has 1 radical (unpaired) electrons. The fraction of sp³-hybridized carbons (Fsp3) is 0.944. The van der Waals surface area contributed by atoms with E-state index in [2.05, 4.69) is 13.8 Å². The van der Waals surface area contributed by atoms with Crippen molar-refractivity contribution in [2.75, 3.05) is 0 Å². The molecule has 0 unspecified atom stereocenters. The van der Waals surface area contributed by atoms with Crippen LogP contribution < -0.4 is 0 Å². The molecule has 20 heavy (non-hydrogen) atoms. The Morgan fingerprint density at radius 3 is 1.05 bits per heavy atom. The second kappa shape index (κ2) is 24.4. The molecule has 0 amide bonds. The fourth-order valence-corrected chi connectivity index (χ4v) is 2.55. The Hall–Kier alpha value is 0.332. The van der Waals surface area contributed by atoms with Gasteiger partial charge in [0.15, 0.2) is 0 Å². The van der Waals surface area contributed by atoms with E-state index in [9.17, 15) is 0 Å². The first kappa shape index (κ1) is 22.6. The van der Waals surface area contributed by atoms with Gasteiger partial charge in [0.2, 0.25) is 0 Å².